The van der Waals surface area contributed by atoms with Gasteiger partial charge in [0, 0.05) is 7.05 Å². The van der Waals surface area contributed by atoms with Crippen LogP contribution in [-0.4, -0.2) is 47.9 Å². The molecule has 9 nitrogen and oxygen atoms in total. The number of aliphatic hydroxyl groups excluding tert-OH is 1. The lowest BCUT2D eigenvalue weighted by Crippen LogP contribution is -2.39. The highest BCUT2D eigenvalue weighted by Crippen LogP contribution is 2.25. The fraction of sp³-hybridized carbons (Fsp3) is 0.208. The number of carbonyl (C=O) groups is 2. The van der Waals surface area contributed by atoms with Crippen LogP contribution in [0.1, 0.15) is 49.7 Å². The first-order valence-corrected chi connectivity index (χ1v) is 12.9. The van der Waals surface area contributed by atoms with Gasteiger partial charge in [-0.1, -0.05) is 30.3 Å². The number of carboxylic acid groups (broad SMARTS) is 1. The fourth-order valence-electron chi connectivity index (χ4n) is 3.35. The standard InChI is InChI=1S/C24H23N3O6S2/c1-15(22(28)18-6-4-3-5-7-18)27(2)35(32,33)14-17-11-21(34-13-17)23(29)26-20-9-8-16(12-25)10-19(20)24(30)31/h3-11,13,15,22,28H,14H2,1-2H3,(H,26,29)(H,30,31). The van der Waals surface area contributed by atoms with E-state index >= 15 is 0 Å². The summed E-state index contributed by atoms with van der Waals surface area (Å²) in [6.45, 7) is 1.61. The highest BCUT2D eigenvalue weighted by molar-refractivity contribution is 7.88. The van der Waals surface area contributed by atoms with E-state index in [1.165, 1.54) is 30.6 Å². The van der Waals surface area contributed by atoms with Crippen LogP contribution < -0.4 is 5.32 Å². The first-order valence-electron chi connectivity index (χ1n) is 10.4. The summed E-state index contributed by atoms with van der Waals surface area (Å²) in [5.74, 6) is -2.28. The molecule has 0 radical (unpaired) electrons. The van der Waals surface area contributed by atoms with Crippen LogP contribution in [0, 0.1) is 11.3 Å². The molecular formula is C24H23N3O6S2. The molecule has 1 heterocycles. The molecule has 35 heavy (non-hydrogen) atoms. The monoisotopic (exact) mass is 513 g/mol. The maximum Gasteiger partial charge on any atom is 0.337 e. The largest absolute Gasteiger partial charge is 0.478 e. The molecule has 0 aliphatic rings. The van der Waals surface area contributed by atoms with Crippen LogP contribution in [0.25, 0.3) is 0 Å². The number of thiophene rings is 1. The molecule has 1 amide bonds. The zero-order chi connectivity index (χ0) is 25.8. The van der Waals surface area contributed by atoms with E-state index in [1.807, 2.05) is 6.07 Å². The predicted octanol–water partition coefficient (Wildman–Crippen LogP) is 3.45. The quantitative estimate of drug-likeness (QED) is 0.397. The van der Waals surface area contributed by atoms with Crippen LogP contribution in [0.2, 0.25) is 0 Å². The van der Waals surface area contributed by atoms with Gasteiger partial charge in [-0.15, -0.1) is 11.3 Å². The van der Waals surface area contributed by atoms with E-state index in [2.05, 4.69) is 5.32 Å². The lowest BCUT2D eigenvalue weighted by atomic mass is 10.0. The number of nitrogens with one attached hydrogen (secondary N) is 1. The molecule has 182 valence electrons. The van der Waals surface area contributed by atoms with E-state index in [0.717, 1.165) is 21.7 Å². The number of hydrogen-bond donors (Lipinski definition) is 3. The molecule has 0 spiro atoms. The molecule has 2 atom stereocenters. The third-order valence-electron chi connectivity index (χ3n) is 5.46. The average Bonchev–Trinajstić information content (AvgIpc) is 3.31. The number of rotatable bonds is 9. The SMILES string of the molecule is CC(C(O)c1ccccc1)N(C)S(=O)(=O)Cc1csc(C(=O)Nc2ccc(C#N)cc2C(=O)O)c1. The number of anilines is 1. The second-order valence-corrected chi connectivity index (χ2v) is 10.8. The van der Waals surface area contributed by atoms with Gasteiger partial charge in [0.2, 0.25) is 10.0 Å². The van der Waals surface area contributed by atoms with Crippen molar-refractivity contribution in [3.05, 3.63) is 87.1 Å². The van der Waals surface area contributed by atoms with Gasteiger partial charge in [0.05, 0.1) is 45.7 Å². The summed E-state index contributed by atoms with van der Waals surface area (Å²) < 4.78 is 27.0. The van der Waals surface area contributed by atoms with E-state index in [-0.39, 0.29) is 27.4 Å². The van der Waals surface area contributed by atoms with Crippen molar-refractivity contribution in [3.8, 4) is 6.07 Å². The highest BCUT2D eigenvalue weighted by atomic mass is 32.2. The number of sulfonamides is 1. The van der Waals surface area contributed by atoms with Gasteiger partial charge in [0.25, 0.3) is 5.91 Å². The Morgan fingerprint density at radius 3 is 2.49 bits per heavy atom. The average molecular weight is 514 g/mol. The van der Waals surface area contributed by atoms with Gasteiger partial charge in [-0.2, -0.15) is 9.57 Å². The smallest absolute Gasteiger partial charge is 0.337 e. The minimum atomic E-state index is -3.82. The maximum absolute atomic E-state index is 13.0. The number of carboxylic acids is 1. The Kier molecular flexibility index (Phi) is 8.03. The van der Waals surface area contributed by atoms with Gasteiger partial charge >= 0.3 is 5.97 Å². The number of benzene rings is 2. The predicted molar refractivity (Wildman–Crippen MR) is 132 cm³/mol. The van der Waals surface area contributed by atoms with Crippen LogP contribution in [0.3, 0.4) is 0 Å². The number of amides is 1. The Bertz CT molecular complexity index is 1380. The van der Waals surface area contributed by atoms with Gasteiger partial charge in [0.1, 0.15) is 0 Å². The number of carbonyl (C=O) groups excluding carboxylic acids is 1. The Morgan fingerprint density at radius 1 is 1.17 bits per heavy atom. The number of likely N-dealkylation sites (N-methyl/N-ethyl adjacent to an activating group) is 1. The molecule has 2 aromatic carbocycles. The molecule has 3 N–H and O–H groups in total. The summed E-state index contributed by atoms with van der Waals surface area (Å²) in [4.78, 5) is 24.3. The van der Waals surface area contributed by atoms with Crippen LogP contribution in [0.5, 0.6) is 0 Å². The summed E-state index contributed by atoms with van der Waals surface area (Å²) in [5, 5.41) is 32.9. The van der Waals surface area contributed by atoms with Crippen LogP contribution in [0.4, 0.5) is 5.69 Å². The number of hydrogen-bond acceptors (Lipinski definition) is 7. The molecule has 0 aliphatic carbocycles. The van der Waals surface area contributed by atoms with Crippen molar-refractivity contribution in [1.29, 1.82) is 5.26 Å². The number of nitrogens with zero attached hydrogens (tertiary/aromatic N) is 2. The molecule has 11 heteroatoms. The minimum Gasteiger partial charge on any atom is -0.478 e. The normalized spacial score (nSPS) is 13.1. The first-order chi connectivity index (χ1) is 16.5. The second-order valence-electron chi connectivity index (χ2n) is 7.82. The van der Waals surface area contributed by atoms with Crippen molar-refractivity contribution < 1.29 is 28.2 Å². The summed E-state index contributed by atoms with van der Waals surface area (Å²) in [5.41, 5.74) is 0.906. The molecule has 0 fully saturated rings. The lowest BCUT2D eigenvalue weighted by Gasteiger charge is -2.28. The Morgan fingerprint density at radius 2 is 1.86 bits per heavy atom. The summed E-state index contributed by atoms with van der Waals surface area (Å²) in [6.07, 6.45) is -1.02. The topological polar surface area (TPSA) is 148 Å². The molecule has 0 bridgehead atoms. The molecule has 2 unspecified atom stereocenters. The zero-order valence-corrected chi connectivity index (χ0v) is 20.5. The van der Waals surface area contributed by atoms with Gasteiger partial charge < -0.3 is 15.5 Å². The van der Waals surface area contributed by atoms with E-state index in [9.17, 15) is 28.2 Å². The van der Waals surface area contributed by atoms with Crippen molar-refractivity contribution in [2.24, 2.45) is 0 Å². The van der Waals surface area contributed by atoms with E-state index < -0.39 is 34.0 Å². The Labute approximate surface area is 206 Å². The second kappa shape index (κ2) is 10.8. The fourth-order valence-corrected chi connectivity index (χ4v) is 5.67. The number of nitriles is 1. The first kappa shape index (κ1) is 26.1. The number of aromatic carboxylic acids is 1. The molecule has 0 saturated carbocycles. The van der Waals surface area contributed by atoms with Gasteiger partial charge in [-0.25, -0.2) is 13.2 Å². The number of aliphatic hydroxyl groups is 1. The summed E-state index contributed by atoms with van der Waals surface area (Å²) in [6, 6.07) is 15.2. The van der Waals surface area contributed by atoms with Crippen molar-refractivity contribution in [3.63, 3.8) is 0 Å². The van der Waals surface area contributed by atoms with Crippen LogP contribution in [0.15, 0.2) is 60.0 Å². The van der Waals surface area contributed by atoms with Gasteiger partial charge in [-0.3, -0.25) is 4.79 Å². The molecule has 0 aliphatic heterocycles. The van der Waals surface area contributed by atoms with Crippen molar-refractivity contribution in [1.82, 2.24) is 4.31 Å². The summed E-state index contributed by atoms with van der Waals surface area (Å²) in [7, 11) is -2.43. The van der Waals surface area contributed by atoms with Crippen molar-refractivity contribution in [2.75, 3.05) is 12.4 Å². The highest BCUT2D eigenvalue weighted by Gasteiger charge is 2.29. The molecular weight excluding hydrogens is 490 g/mol. The maximum atomic E-state index is 13.0. The van der Waals surface area contributed by atoms with Crippen molar-refractivity contribution >= 4 is 38.9 Å². The van der Waals surface area contributed by atoms with E-state index in [4.69, 9.17) is 5.26 Å². The third kappa shape index (κ3) is 6.12. The molecule has 3 rings (SSSR count). The summed E-state index contributed by atoms with van der Waals surface area (Å²) >= 11 is 1.02. The zero-order valence-electron chi connectivity index (χ0n) is 18.9. The van der Waals surface area contributed by atoms with Crippen LogP contribution >= 0.6 is 11.3 Å². The van der Waals surface area contributed by atoms with E-state index in [0.29, 0.717) is 11.1 Å². The molecule has 3 aromatic rings. The van der Waals surface area contributed by atoms with Gasteiger partial charge in [0.15, 0.2) is 0 Å². The Balaban J connectivity index is 1.72. The van der Waals surface area contributed by atoms with Gasteiger partial charge in [-0.05, 0) is 47.7 Å². The third-order valence-corrected chi connectivity index (χ3v) is 8.35. The molecule has 1 aromatic heterocycles. The molecule has 0 saturated heterocycles. The minimum absolute atomic E-state index is 0.0209. The lowest BCUT2D eigenvalue weighted by molar-refractivity contribution is 0.0698. The van der Waals surface area contributed by atoms with Crippen molar-refractivity contribution in [2.45, 2.75) is 24.8 Å². The van der Waals surface area contributed by atoms with Crippen LogP contribution in [-0.2, 0) is 15.8 Å². The Hall–Kier alpha value is -3.56. The van der Waals surface area contributed by atoms with E-state index in [1.54, 1.807) is 37.3 Å².